The van der Waals surface area contributed by atoms with Gasteiger partial charge in [0, 0.05) is 0 Å². The van der Waals surface area contributed by atoms with Crippen LogP contribution in [0.1, 0.15) is 27.2 Å². The zero-order valence-electron chi connectivity index (χ0n) is 10.2. The summed E-state index contributed by atoms with van der Waals surface area (Å²) in [5.41, 5.74) is 0.419. The van der Waals surface area contributed by atoms with Crippen molar-refractivity contribution in [2.75, 3.05) is 6.61 Å². The molecule has 0 amide bonds. The summed E-state index contributed by atoms with van der Waals surface area (Å²) in [5, 5.41) is 1.24. The van der Waals surface area contributed by atoms with E-state index < -0.39 is 8.32 Å². The molecule has 0 aliphatic carbocycles. The van der Waals surface area contributed by atoms with Gasteiger partial charge in [0.1, 0.15) is 0 Å². The van der Waals surface area contributed by atoms with Crippen molar-refractivity contribution in [1.82, 2.24) is 0 Å². The predicted molar refractivity (Wildman–Crippen MR) is 62.9 cm³/mol. The van der Waals surface area contributed by atoms with Crippen molar-refractivity contribution in [3.63, 3.8) is 0 Å². The van der Waals surface area contributed by atoms with E-state index in [0.717, 1.165) is 6.61 Å². The average Bonchev–Trinajstić information content (AvgIpc) is 1.81. The van der Waals surface area contributed by atoms with Crippen LogP contribution in [0.5, 0.6) is 0 Å². The first kappa shape index (κ1) is 13.8. The van der Waals surface area contributed by atoms with Gasteiger partial charge in [-0.15, -0.1) is 0 Å². The van der Waals surface area contributed by atoms with Crippen LogP contribution in [0.3, 0.4) is 0 Å². The quantitative estimate of drug-likeness (QED) is 0.482. The number of hydrogen-bond acceptors (Lipinski definition) is 1. The summed E-state index contributed by atoms with van der Waals surface area (Å²) in [5.74, 6) is 0. The molecule has 13 heavy (non-hydrogen) atoms. The van der Waals surface area contributed by atoms with Gasteiger partial charge in [-0.3, -0.25) is 0 Å². The Labute approximate surface area is 94.0 Å². The Bertz CT molecular complexity index is 140. The van der Waals surface area contributed by atoms with Crippen LogP contribution >= 0.6 is 0 Å². The molecule has 0 saturated heterocycles. The zero-order valence-corrected chi connectivity index (χ0v) is 11.2. The van der Waals surface area contributed by atoms with Crippen molar-refractivity contribution in [3.05, 3.63) is 0 Å². The topological polar surface area (TPSA) is 9.23 Å². The second kappa shape index (κ2) is 5.61. The van der Waals surface area contributed by atoms with Gasteiger partial charge in [0.25, 0.3) is 0 Å². The summed E-state index contributed by atoms with van der Waals surface area (Å²) in [6.45, 7) is 12.5. The van der Waals surface area contributed by atoms with Crippen LogP contribution < -0.4 is 0 Å². The van der Waals surface area contributed by atoms with E-state index >= 15 is 0 Å². The summed E-state index contributed by atoms with van der Waals surface area (Å²) in [4.78, 5) is 0. The Balaban J connectivity index is 3.80. The van der Waals surface area contributed by atoms with Crippen molar-refractivity contribution < 1.29 is 4.43 Å². The molecule has 0 N–H and O–H groups in total. The first-order valence-electron chi connectivity index (χ1n) is 5.41. The summed E-state index contributed by atoms with van der Waals surface area (Å²) in [6, 6.07) is 1.25. The Morgan fingerprint density at radius 1 is 1.23 bits per heavy atom. The standard InChI is InChI=1S/C10H23OSi.Li/c1-7-8-11-12(5,6)9-10(2,3)4;/h1,7-9H2,2-6H3;. The minimum absolute atomic E-state index is 0.419. The molecule has 0 aromatic heterocycles. The van der Waals surface area contributed by atoms with Crippen LogP contribution in [0.15, 0.2) is 0 Å². The van der Waals surface area contributed by atoms with Crippen LogP contribution in [0.2, 0.25) is 24.2 Å². The predicted octanol–water partition coefficient (Wildman–Crippen LogP) is 3.23. The van der Waals surface area contributed by atoms with Gasteiger partial charge in [-0.05, 0) is 0 Å². The molecular weight excluding hydrogens is 171 g/mol. The van der Waals surface area contributed by atoms with Gasteiger partial charge in [-0.25, -0.2) is 0 Å². The first-order valence-corrected chi connectivity index (χ1v) is 8.52. The third kappa shape index (κ3) is 9.09. The molecule has 3 heteroatoms. The molecule has 0 saturated carbocycles. The molecule has 74 valence electrons. The van der Waals surface area contributed by atoms with Crippen molar-refractivity contribution >= 4 is 26.0 Å². The molecule has 0 radical (unpaired) electrons. The second-order valence-electron chi connectivity index (χ2n) is 5.70. The van der Waals surface area contributed by atoms with Gasteiger partial charge in [0.15, 0.2) is 0 Å². The molecule has 0 rings (SSSR count). The van der Waals surface area contributed by atoms with E-state index in [-0.39, 0.29) is 0 Å². The van der Waals surface area contributed by atoms with E-state index in [1.165, 1.54) is 17.6 Å². The molecule has 0 unspecified atom stereocenters. The van der Waals surface area contributed by atoms with E-state index in [4.69, 9.17) is 4.43 Å². The molecule has 0 aromatic carbocycles. The van der Waals surface area contributed by atoms with Crippen LogP contribution in [-0.2, 0) is 4.43 Å². The van der Waals surface area contributed by atoms with E-state index in [1.807, 2.05) is 0 Å². The first-order chi connectivity index (χ1) is 5.77. The fraction of sp³-hybridized carbons (Fsp3) is 1.00. The normalized spacial score (nSPS) is 13.5. The summed E-state index contributed by atoms with van der Waals surface area (Å²) in [7, 11) is -1.38. The van der Waals surface area contributed by atoms with Crippen molar-refractivity contribution in [3.8, 4) is 0 Å². The fourth-order valence-corrected chi connectivity index (χ4v) is 5.17. The Morgan fingerprint density at radius 2 is 1.77 bits per heavy atom. The van der Waals surface area contributed by atoms with E-state index in [1.54, 1.807) is 0 Å². The molecule has 0 aromatic rings. The SMILES string of the molecule is [Li][CH2]CCO[Si](C)(C)CC(C)(C)C. The van der Waals surface area contributed by atoms with Crippen molar-refractivity contribution in [2.45, 2.75) is 51.4 Å². The van der Waals surface area contributed by atoms with Crippen LogP contribution in [0, 0.1) is 5.41 Å². The summed E-state index contributed by atoms with van der Waals surface area (Å²) >= 11 is 2.21. The maximum atomic E-state index is 5.98. The van der Waals surface area contributed by atoms with Gasteiger partial charge in [-0.2, -0.15) is 0 Å². The number of hydrogen-bond donors (Lipinski definition) is 0. The molecular formula is C10H23LiOSi. The minimum atomic E-state index is -1.38. The fourth-order valence-electron chi connectivity index (χ4n) is 1.82. The average molecular weight is 194 g/mol. The van der Waals surface area contributed by atoms with E-state index in [9.17, 15) is 0 Å². The second-order valence-corrected chi connectivity index (χ2v) is 9.86. The third-order valence-electron chi connectivity index (χ3n) is 1.95. The molecule has 0 aliphatic heterocycles. The van der Waals surface area contributed by atoms with E-state index in [0.29, 0.717) is 5.41 Å². The van der Waals surface area contributed by atoms with Gasteiger partial charge in [-0.1, -0.05) is 0 Å². The Hall–Kier alpha value is 0.774. The van der Waals surface area contributed by atoms with Crippen LogP contribution in [-0.4, -0.2) is 32.6 Å². The molecule has 0 fully saturated rings. The Kier molecular flexibility index (Phi) is 5.94. The summed E-state index contributed by atoms with van der Waals surface area (Å²) in [6.07, 6.45) is 1.21. The zero-order chi connectivity index (χ0) is 10.5. The van der Waals surface area contributed by atoms with Crippen LogP contribution in [0.25, 0.3) is 0 Å². The molecule has 0 heterocycles. The molecule has 0 bridgehead atoms. The molecule has 0 aliphatic rings. The third-order valence-corrected chi connectivity index (χ3v) is 4.84. The molecule has 0 atom stereocenters. The molecule has 0 spiro atoms. The molecule has 1 nitrogen and oxygen atoms in total. The van der Waals surface area contributed by atoms with Gasteiger partial charge >= 0.3 is 93.9 Å². The van der Waals surface area contributed by atoms with Crippen molar-refractivity contribution in [1.29, 1.82) is 0 Å². The maximum absolute atomic E-state index is 5.98. The van der Waals surface area contributed by atoms with Gasteiger partial charge in [0.2, 0.25) is 0 Å². The van der Waals surface area contributed by atoms with E-state index in [2.05, 4.69) is 51.6 Å². The van der Waals surface area contributed by atoms with Crippen LogP contribution in [0.4, 0.5) is 0 Å². The van der Waals surface area contributed by atoms with Gasteiger partial charge in [0.05, 0.1) is 0 Å². The monoisotopic (exact) mass is 194 g/mol. The summed E-state index contributed by atoms with van der Waals surface area (Å²) < 4.78 is 5.98. The van der Waals surface area contributed by atoms with Crippen molar-refractivity contribution in [2.24, 2.45) is 5.41 Å². The number of rotatable bonds is 5. The Morgan fingerprint density at radius 3 is 2.15 bits per heavy atom. The van der Waals surface area contributed by atoms with Gasteiger partial charge < -0.3 is 0 Å².